The van der Waals surface area contributed by atoms with E-state index in [1.165, 1.54) is 29.1 Å². The van der Waals surface area contributed by atoms with Crippen molar-refractivity contribution in [3.8, 4) is 11.6 Å². The zero-order valence-electron chi connectivity index (χ0n) is 18.3. The SMILES string of the molecule is Cc1c(C(=O)N/N=C\c2cc([N+](=O)[O-])ccc2OCc2c(Cl)cccc2Cl)nnn1-c1nonc1N. The number of hydrogen-bond acceptors (Lipinski definition) is 11. The number of aromatic nitrogens is 5. The summed E-state index contributed by atoms with van der Waals surface area (Å²) >= 11 is 12.3. The van der Waals surface area contributed by atoms with E-state index in [-0.39, 0.29) is 40.9 Å². The molecule has 14 nitrogen and oxygen atoms in total. The number of hydrazone groups is 1. The molecule has 2 heterocycles. The summed E-state index contributed by atoms with van der Waals surface area (Å²) in [4.78, 5) is 23.2. The van der Waals surface area contributed by atoms with Crippen LogP contribution >= 0.6 is 23.2 Å². The number of amides is 1. The summed E-state index contributed by atoms with van der Waals surface area (Å²) in [5, 5.41) is 30.6. The van der Waals surface area contributed by atoms with Crippen LogP contribution in [-0.4, -0.2) is 42.4 Å². The highest BCUT2D eigenvalue weighted by Gasteiger charge is 2.21. The Morgan fingerprint density at radius 1 is 1.31 bits per heavy atom. The van der Waals surface area contributed by atoms with Crippen molar-refractivity contribution in [2.24, 2.45) is 5.10 Å². The van der Waals surface area contributed by atoms with Gasteiger partial charge in [-0.15, -0.1) is 5.10 Å². The molecule has 1 amide bonds. The highest BCUT2D eigenvalue weighted by Crippen LogP contribution is 2.28. The van der Waals surface area contributed by atoms with Gasteiger partial charge in [-0.3, -0.25) is 14.9 Å². The largest absolute Gasteiger partial charge is 0.488 e. The predicted octanol–water partition coefficient (Wildman–Crippen LogP) is 3.10. The van der Waals surface area contributed by atoms with Crippen LogP contribution in [0.25, 0.3) is 5.82 Å². The quantitative estimate of drug-likeness (QED) is 0.194. The molecule has 16 heteroatoms. The number of halogens is 2. The zero-order chi connectivity index (χ0) is 25.8. The fraction of sp³-hybridized carbons (Fsp3) is 0.100. The third-order valence-electron chi connectivity index (χ3n) is 4.81. The molecule has 0 bridgehead atoms. The normalized spacial score (nSPS) is 11.1. The molecule has 0 spiro atoms. The Morgan fingerprint density at radius 2 is 2.06 bits per heavy atom. The number of nitro benzene ring substituents is 1. The summed E-state index contributed by atoms with van der Waals surface area (Å²) in [5.41, 5.74) is 8.70. The second-order valence-electron chi connectivity index (χ2n) is 7.08. The van der Waals surface area contributed by atoms with Crippen molar-refractivity contribution in [2.45, 2.75) is 13.5 Å². The summed E-state index contributed by atoms with van der Waals surface area (Å²) in [6, 6.07) is 8.92. The fourth-order valence-electron chi connectivity index (χ4n) is 2.99. The number of nitrogens with one attached hydrogen (secondary N) is 1. The van der Waals surface area contributed by atoms with E-state index >= 15 is 0 Å². The highest BCUT2D eigenvalue weighted by atomic mass is 35.5. The molecule has 0 aliphatic rings. The molecule has 36 heavy (non-hydrogen) atoms. The molecule has 0 radical (unpaired) electrons. The lowest BCUT2D eigenvalue weighted by atomic mass is 10.2. The summed E-state index contributed by atoms with van der Waals surface area (Å²) in [6.07, 6.45) is 1.19. The summed E-state index contributed by atoms with van der Waals surface area (Å²) in [6.45, 7) is 1.55. The van der Waals surface area contributed by atoms with Gasteiger partial charge >= 0.3 is 0 Å². The van der Waals surface area contributed by atoms with Gasteiger partial charge in [0, 0.05) is 33.3 Å². The highest BCUT2D eigenvalue weighted by molar-refractivity contribution is 6.35. The van der Waals surface area contributed by atoms with Crippen molar-refractivity contribution in [1.29, 1.82) is 0 Å². The van der Waals surface area contributed by atoms with Crippen LogP contribution in [0.5, 0.6) is 5.75 Å². The molecule has 0 aliphatic carbocycles. The molecule has 0 unspecified atom stereocenters. The second kappa shape index (κ2) is 10.4. The van der Waals surface area contributed by atoms with Crippen molar-refractivity contribution in [3.63, 3.8) is 0 Å². The van der Waals surface area contributed by atoms with Gasteiger partial charge < -0.3 is 10.5 Å². The molecule has 0 atom stereocenters. The summed E-state index contributed by atoms with van der Waals surface area (Å²) < 4.78 is 11.5. The van der Waals surface area contributed by atoms with Gasteiger partial charge in [0.05, 0.1) is 16.8 Å². The van der Waals surface area contributed by atoms with Crippen molar-refractivity contribution in [3.05, 3.63) is 79.1 Å². The van der Waals surface area contributed by atoms with Crippen LogP contribution in [0, 0.1) is 17.0 Å². The van der Waals surface area contributed by atoms with Gasteiger partial charge in [-0.05, 0) is 35.4 Å². The number of hydrogen-bond donors (Lipinski definition) is 2. The monoisotopic (exact) mass is 531 g/mol. The van der Waals surface area contributed by atoms with E-state index in [1.807, 2.05) is 0 Å². The van der Waals surface area contributed by atoms with Crippen molar-refractivity contribution >= 4 is 46.8 Å². The molecule has 0 aliphatic heterocycles. The standard InChI is InChI=1S/C20H15Cl2N9O5/c1-10-17(25-29-30(10)19-18(23)27-36-28-19)20(32)26-24-8-11-7-12(31(33)34)5-6-16(11)35-9-13-14(21)3-2-4-15(13)22/h2-8H,9H2,1H3,(H2,23,27)(H,26,32)/b24-8-. The average molecular weight is 532 g/mol. The Labute approximate surface area is 211 Å². The Hall–Kier alpha value is -4.56. The maximum atomic E-state index is 12.6. The number of benzene rings is 2. The average Bonchev–Trinajstić information content (AvgIpc) is 3.43. The predicted molar refractivity (Wildman–Crippen MR) is 127 cm³/mol. The lowest BCUT2D eigenvalue weighted by molar-refractivity contribution is -0.384. The number of non-ortho nitro benzene ring substituents is 1. The van der Waals surface area contributed by atoms with Gasteiger partial charge in [0.2, 0.25) is 11.6 Å². The minimum absolute atomic E-state index is 0.00808. The number of anilines is 1. The third-order valence-corrected chi connectivity index (χ3v) is 5.52. The smallest absolute Gasteiger partial charge is 0.293 e. The van der Waals surface area contributed by atoms with E-state index < -0.39 is 10.8 Å². The molecule has 4 aromatic rings. The molecule has 4 rings (SSSR count). The number of nitrogens with two attached hydrogens (primary N) is 1. The van der Waals surface area contributed by atoms with E-state index in [9.17, 15) is 14.9 Å². The lowest BCUT2D eigenvalue weighted by Crippen LogP contribution is -2.19. The van der Waals surface area contributed by atoms with Crippen molar-refractivity contribution < 1.29 is 19.1 Å². The van der Waals surface area contributed by atoms with Gasteiger partial charge in [-0.2, -0.15) is 9.78 Å². The van der Waals surface area contributed by atoms with E-state index in [1.54, 1.807) is 25.1 Å². The lowest BCUT2D eigenvalue weighted by Gasteiger charge is -2.11. The Kier molecular flexibility index (Phi) is 7.07. The van der Waals surface area contributed by atoms with Gasteiger partial charge in [0.15, 0.2) is 5.69 Å². The minimum atomic E-state index is -0.708. The van der Waals surface area contributed by atoms with Crippen LogP contribution in [0.1, 0.15) is 27.3 Å². The topological polar surface area (TPSA) is 189 Å². The second-order valence-corrected chi connectivity index (χ2v) is 7.89. The number of ether oxygens (including phenoxy) is 1. The number of carbonyl (C=O) groups excluding carboxylic acids is 1. The fourth-order valence-corrected chi connectivity index (χ4v) is 3.50. The van der Waals surface area contributed by atoms with Gasteiger partial charge in [-0.1, -0.05) is 34.5 Å². The van der Waals surface area contributed by atoms with Crippen LogP contribution in [0.15, 0.2) is 46.1 Å². The number of rotatable bonds is 8. The van der Waals surface area contributed by atoms with E-state index in [4.69, 9.17) is 33.7 Å². The van der Waals surface area contributed by atoms with E-state index in [0.717, 1.165) is 0 Å². The molecule has 2 aromatic heterocycles. The Bertz CT molecular complexity index is 1460. The molecular formula is C20H15Cl2N9O5. The van der Waals surface area contributed by atoms with Crippen LogP contribution in [-0.2, 0) is 6.61 Å². The molecule has 2 aromatic carbocycles. The third kappa shape index (κ3) is 5.08. The van der Waals surface area contributed by atoms with Crippen LogP contribution in [0.2, 0.25) is 10.0 Å². The maximum absolute atomic E-state index is 12.6. The molecule has 0 saturated carbocycles. The Morgan fingerprint density at radius 3 is 2.72 bits per heavy atom. The van der Waals surface area contributed by atoms with Crippen LogP contribution in [0.3, 0.4) is 0 Å². The first-order chi connectivity index (χ1) is 17.3. The van der Waals surface area contributed by atoms with Crippen molar-refractivity contribution in [1.82, 2.24) is 30.7 Å². The van der Waals surface area contributed by atoms with Crippen molar-refractivity contribution in [2.75, 3.05) is 5.73 Å². The van der Waals surface area contributed by atoms with Gasteiger partial charge in [-0.25, -0.2) is 10.1 Å². The molecular weight excluding hydrogens is 517 g/mol. The van der Waals surface area contributed by atoms with Gasteiger partial charge in [0.1, 0.15) is 12.4 Å². The molecule has 184 valence electrons. The number of nitrogens with zero attached hydrogens (tertiary/aromatic N) is 7. The molecule has 3 N–H and O–H groups in total. The number of carbonyl (C=O) groups is 1. The molecule has 0 saturated heterocycles. The first-order valence-electron chi connectivity index (χ1n) is 9.94. The maximum Gasteiger partial charge on any atom is 0.293 e. The first-order valence-corrected chi connectivity index (χ1v) is 10.7. The zero-order valence-corrected chi connectivity index (χ0v) is 19.8. The minimum Gasteiger partial charge on any atom is -0.488 e. The first kappa shape index (κ1) is 24.6. The van der Waals surface area contributed by atoms with Crippen LogP contribution in [0.4, 0.5) is 11.5 Å². The summed E-state index contributed by atoms with van der Waals surface area (Å²) in [5.74, 6) is -0.435. The van der Waals surface area contributed by atoms with E-state index in [2.05, 4.69) is 35.8 Å². The summed E-state index contributed by atoms with van der Waals surface area (Å²) in [7, 11) is 0. The van der Waals surface area contributed by atoms with Crippen LogP contribution < -0.4 is 15.9 Å². The number of nitrogen functional groups attached to an aromatic ring is 1. The molecule has 0 fully saturated rings. The van der Waals surface area contributed by atoms with E-state index in [0.29, 0.717) is 21.3 Å². The Balaban J connectivity index is 1.53. The number of nitro groups is 1. The van der Waals surface area contributed by atoms with Gasteiger partial charge in [0.25, 0.3) is 11.6 Å².